The van der Waals surface area contributed by atoms with Crippen molar-refractivity contribution in [2.45, 2.75) is 13.3 Å². The molecule has 0 saturated carbocycles. The van der Waals surface area contributed by atoms with Crippen molar-refractivity contribution in [3.63, 3.8) is 0 Å². The van der Waals surface area contributed by atoms with Gasteiger partial charge in [-0.1, -0.05) is 6.07 Å². The first kappa shape index (κ1) is 15.4. The molecule has 0 saturated heterocycles. The molecule has 0 fully saturated rings. The molecule has 6 nitrogen and oxygen atoms in total. The number of nitro benzene ring substituents is 1. The number of hydrogen-bond donors (Lipinski definition) is 1. The number of benzene rings is 1. The summed E-state index contributed by atoms with van der Waals surface area (Å²) in [7, 11) is -0.844. The Kier molecular flexibility index (Phi) is 6.27. The van der Waals surface area contributed by atoms with Crippen molar-refractivity contribution < 1.29 is 13.9 Å². The monoisotopic (exact) mass is 286 g/mol. The van der Waals surface area contributed by atoms with Gasteiger partial charge in [0.2, 0.25) is 0 Å². The molecule has 0 aliphatic carbocycles. The van der Waals surface area contributed by atoms with Crippen molar-refractivity contribution in [2.75, 3.05) is 30.5 Å². The summed E-state index contributed by atoms with van der Waals surface area (Å²) in [4.78, 5) is 10.6. The van der Waals surface area contributed by atoms with Crippen LogP contribution in [0.1, 0.15) is 13.3 Å². The highest BCUT2D eigenvalue weighted by molar-refractivity contribution is 7.84. The number of ether oxygens (including phenoxy) is 1. The highest BCUT2D eigenvalue weighted by Gasteiger charge is 2.20. The lowest BCUT2D eigenvalue weighted by molar-refractivity contribution is -0.384. The van der Waals surface area contributed by atoms with Crippen LogP contribution < -0.4 is 10.1 Å². The molecule has 1 atom stereocenters. The second-order valence-electron chi connectivity index (χ2n) is 3.90. The fourth-order valence-corrected chi connectivity index (χ4v) is 2.17. The molecule has 19 heavy (non-hydrogen) atoms. The number of nitrogens with one attached hydrogen (secondary N) is 1. The normalized spacial score (nSPS) is 11.9. The van der Waals surface area contributed by atoms with E-state index in [0.29, 0.717) is 31.0 Å². The molecule has 0 radical (unpaired) electrons. The molecule has 0 aromatic heterocycles. The summed E-state index contributed by atoms with van der Waals surface area (Å²) < 4.78 is 16.2. The van der Waals surface area contributed by atoms with Gasteiger partial charge in [-0.05, 0) is 25.5 Å². The summed E-state index contributed by atoms with van der Waals surface area (Å²) in [5.74, 6) is 0.836. The van der Waals surface area contributed by atoms with Crippen LogP contribution in [-0.4, -0.2) is 34.3 Å². The lowest BCUT2D eigenvalue weighted by Gasteiger charge is -2.10. The van der Waals surface area contributed by atoms with Crippen molar-refractivity contribution in [3.8, 4) is 5.75 Å². The molecule has 1 aromatic carbocycles. The van der Waals surface area contributed by atoms with E-state index in [-0.39, 0.29) is 11.4 Å². The lowest BCUT2D eigenvalue weighted by Crippen LogP contribution is -2.08. The molecule has 0 heterocycles. The van der Waals surface area contributed by atoms with E-state index >= 15 is 0 Å². The van der Waals surface area contributed by atoms with Crippen molar-refractivity contribution >= 4 is 22.2 Å². The first-order valence-electron chi connectivity index (χ1n) is 6.00. The number of rotatable bonds is 8. The molecule has 1 rings (SSSR count). The maximum atomic E-state index is 11.1. The summed E-state index contributed by atoms with van der Waals surface area (Å²) in [6.07, 6.45) is 2.33. The molecule has 0 spiro atoms. The van der Waals surface area contributed by atoms with Crippen LogP contribution in [0.5, 0.6) is 5.75 Å². The summed E-state index contributed by atoms with van der Waals surface area (Å²) in [5, 5.41) is 14.1. The Morgan fingerprint density at radius 1 is 1.47 bits per heavy atom. The minimum atomic E-state index is -0.844. The van der Waals surface area contributed by atoms with E-state index < -0.39 is 15.7 Å². The smallest absolute Gasteiger partial charge is 0.333 e. The van der Waals surface area contributed by atoms with Gasteiger partial charge in [-0.3, -0.25) is 14.3 Å². The van der Waals surface area contributed by atoms with E-state index in [1.54, 1.807) is 31.4 Å². The van der Waals surface area contributed by atoms with Crippen molar-refractivity contribution in [1.29, 1.82) is 0 Å². The third-order valence-electron chi connectivity index (χ3n) is 2.41. The number of anilines is 1. The first-order chi connectivity index (χ1) is 9.06. The number of para-hydroxylation sites is 1. The van der Waals surface area contributed by atoms with Gasteiger partial charge >= 0.3 is 5.69 Å². The van der Waals surface area contributed by atoms with Gasteiger partial charge in [-0.15, -0.1) is 0 Å². The number of hydrogen-bond acceptors (Lipinski definition) is 5. The molecule has 0 aliphatic heterocycles. The average Bonchev–Trinajstić information content (AvgIpc) is 2.34. The molecule has 1 N–H and O–H groups in total. The maximum absolute atomic E-state index is 11.1. The standard InChI is InChI=1S/C12H18N2O4S/c1-3-18-11-7-4-6-10(12(11)14(15)16)13-8-5-9-19(2)17/h4,6-7,13H,3,5,8-9H2,1-2H3. The van der Waals surface area contributed by atoms with Gasteiger partial charge < -0.3 is 10.1 Å². The molecular weight excluding hydrogens is 268 g/mol. The minimum absolute atomic E-state index is 0.0537. The second-order valence-corrected chi connectivity index (χ2v) is 5.45. The van der Waals surface area contributed by atoms with E-state index in [4.69, 9.17) is 4.74 Å². The Morgan fingerprint density at radius 2 is 2.21 bits per heavy atom. The van der Waals surface area contributed by atoms with Crippen LogP contribution in [0.15, 0.2) is 18.2 Å². The van der Waals surface area contributed by atoms with E-state index in [0.717, 1.165) is 0 Å². The Labute approximate surface area is 114 Å². The topological polar surface area (TPSA) is 81.5 Å². The molecule has 0 aliphatic rings. The van der Waals surface area contributed by atoms with Gasteiger partial charge in [-0.25, -0.2) is 0 Å². The fraction of sp³-hybridized carbons (Fsp3) is 0.500. The van der Waals surface area contributed by atoms with Crippen LogP contribution in [-0.2, 0) is 10.8 Å². The van der Waals surface area contributed by atoms with Crippen LogP contribution in [0.25, 0.3) is 0 Å². The van der Waals surface area contributed by atoms with Crippen LogP contribution in [0, 0.1) is 10.1 Å². The average molecular weight is 286 g/mol. The molecule has 1 aromatic rings. The summed E-state index contributed by atoms with van der Waals surface area (Å²) in [6, 6.07) is 4.93. The Balaban J connectivity index is 2.78. The molecule has 7 heteroatoms. The summed E-state index contributed by atoms with van der Waals surface area (Å²) in [5.41, 5.74) is 0.375. The summed E-state index contributed by atoms with van der Waals surface area (Å²) in [6.45, 7) is 2.69. The van der Waals surface area contributed by atoms with Crippen LogP contribution in [0.2, 0.25) is 0 Å². The van der Waals surface area contributed by atoms with Gasteiger partial charge in [0.05, 0.1) is 11.5 Å². The van der Waals surface area contributed by atoms with Crippen molar-refractivity contribution in [2.24, 2.45) is 0 Å². The Bertz CT molecular complexity index is 465. The molecule has 0 amide bonds. The zero-order valence-corrected chi connectivity index (χ0v) is 11.9. The van der Waals surface area contributed by atoms with Gasteiger partial charge in [0.1, 0.15) is 5.69 Å². The first-order valence-corrected chi connectivity index (χ1v) is 7.73. The minimum Gasteiger partial charge on any atom is -0.487 e. The van der Waals surface area contributed by atoms with E-state index in [1.165, 1.54) is 0 Å². The Morgan fingerprint density at radius 3 is 2.79 bits per heavy atom. The summed E-state index contributed by atoms with van der Waals surface area (Å²) >= 11 is 0. The molecule has 1 unspecified atom stereocenters. The zero-order chi connectivity index (χ0) is 14.3. The number of nitrogens with zero attached hydrogens (tertiary/aromatic N) is 1. The van der Waals surface area contributed by atoms with Gasteiger partial charge in [-0.2, -0.15) is 0 Å². The Hall–Kier alpha value is -1.63. The van der Waals surface area contributed by atoms with Gasteiger partial charge in [0.25, 0.3) is 0 Å². The van der Waals surface area contributed by atoms with E-state index in [2.05, 4.69) is 5.32 Å². The van der Waals surface area contributed by atoms with E-state index in [9.17, 15) is 14.3 Å². The predicted octanol–water partition coefficient (Wildman–Crippen LogP) is 2.17. The quantitative estimate of drug-likeness (QED) is 0.450. The SMILES string of the molecule is CCOc1cccc(NCCCS(C)=O)c1[N+](=O)[O-]. The van der Waals surface area contributed by atoms with Crippen molar-refractivity contribution in [1.82, 2.24) is 0 Å². The van der Waals surface area contributed by atoms with Crippen molar-refractivity contribution in [3.05, 3.63) is 28.3 Å². The highest BCUT2D eigenvalue weighted by Crippen LogP contribution is 2.34. The number of nitro groups is 1. The largest absolute Gasteiger partial charge is 0.487 e. The van der Waals surface area contributed by atoms with Gasteiger partial charge in [0, 0.05) is 29.4 Å². The molecule has 0 bridgehead atoms. The fourth-order valence-electron chi connectivity index (χ4n) is 1.62. The third kappa shape index (κ3) is 4.86. The lowest BCUT2D eigenvalue weighted by atomic mass is 10.2. The highest BCUT2D eigenvalue weighted by atomic mass is 32.2. The van der Waals surface area contributed by atoms with Crippen LogP contribution >= 0.6 is 0 Å². The maximum Gasteiger partial charge on any atom is 0.333 e. The van der Waals surface area contributed by atoms with Crippen LogP contribution in [0.3, 0.4) is 0 Å². The third-order valence-corrected chi connectivity index (χ3v) is 3.27. The van der Waals surface area contributed by atoms with E-state index in [1.807, 2.05) is 0 Å². The molecule has 106 valence electrons. The van der Waals surface area contributed by atoms with Gasteiger partial charge in [0.15, 0.2) is 5.75 Å². The molecular formula is C12H18N2O4S. The predicted molar refractivity (Wildman–Crippen MR) is 76.3 cm³/mol. The second kappa shape index (κ2) is 7.73. The zero-order valence-electron chi connectivity index (χ0n) is 11.0. The van der Waals surface area contributed by atoms with Crippen LogP contribution in [0.4, 0.5) is 11.4 Å².